The molecule has 248 valence electrons. The highest BCUT2D eigenvalue weighted by atomic mass is 16.5. The Morgan fingerprint density at radius 2 is 1.65 bits per heavy atom. The van der Waals surface area contributed by atoms with E-state index >= 15 is 0 Å². The minimum atomic E-state index is -0.881. The first-order chi connectivity index (χ1) is 23.2. The summed E-state index contributed by atoms with van der Waals surface area (Å²) in [7, 11) is 3.56. The Morgan fingerprint density at radius 1 is 0.875 bits per heavy atom. The lowest BCUT2D eigenvalue weighted by Crippen LogP contribution is -2.53. The van der Waals surface area contributed by atoms with Crippen LogP contribution in [0.4, 0.5) is 0 Å². The molecule has 4 aromatic carbocycles. The van der Waals surface area contributed by atoms with E-state index in [1.165, 1.54) is 0 Å². The summed E-state index contributed by atoms with van der Waals surface area (Å²) in [5.41, 5.74) is 3.01. The number of carbonyl (C=O) groups is 4. The molecule has 0 aliphatic carbocycles. The second-order valence-electron chi connectivity index (χ2n) is 12.8. The van der Waals surface area contributed by atoms with Gasteiger partial charge in [0.2, 0.25) is 17.7 Å². The molecular weight excluding hydrogens is 606 g/mol. The molecule has 4 amide bonds. The van der Waals surface area contributed by atoms with Crippen molar-refractivity contribution in [1.29, 1.82) is 0 Å². The van der Waals surface area contributed by atoms with E-state index in [9.17, 15) is 19.2 Å². The second kappa shape index (κ2) is 14.7. The molecule has 3 N–H and O–H groups in total. The van der Waals surface area contributed by atoms with Crippen LogP contribution in [0.25, 0.3) is 21.9 Å². The summed E-state index contributed by atoms with van der Waals surface area (Å²) in [5, 5.41) is 11.2. The Balaban J connectivity index is 1.24. The van der Waals surface area contributed by atoms with Gasteiger partial charge < -0.3 is 30.5 Å². The lowest BCUT2D eigenvalue weighted by atomic mass is 9.99. The van der Waals surface area contributed by atoms with Crippen LogP contribution in [0.15, 0.2) is 91.0 Å². The van der Waals surface area contributed by atoms with Crippen molar-refractivity contribution in [3.63, 3.8) is 0 Å². The summed E-state index contributed by atoms with van der Waals surface area (Å²) < 4.78 is 6.28. The van der Waals surface area contributed by atoms with E-state index in [0.717, 1.165) is 27.5 Å². The van der Waals surface area contributed by atoms with Crippen LogP contribution in [0, 0.1) is 0 Å². The van der Waals surface area contributed by atoms with Crippen molar-refractivity contribution in [3.8, 4) is 16.9 Å². The third-order valence-corrected chi connectivity index (χ3v) is 8.81. The molecule has 10 nitrogen and oxygen atoms in total. The number of ether oxygens (including phenoxy) is 1. The SMILES string of the molecule is CN(C)CC(=O)N[C@@H]1CCNC(=O)c2ccccc2-c2cccc(c2)OC[C@@H]2C[C@H](NC(=O)Cc3ccc4ccccc4c3)CN2C1=O. The number of hydrogen-bond donors (Lipinski definition) is 3. The molecule has 1 saturated heterocycles. The molecule has 2 aliphatic rings. The van der Waals surface area contributed by atoms with Crippen LogP contribution in [0.2, 0.25) is 0 Å². The fraction of sp³-hybridized carbons (Fsp3) is 0.316. The largest absolute Gasteiger partial charge is 0.491 e. The average molecular weight is 648 g/mol. The van der Waals surface area contributed by atoms with Crippen molar-refractivity contribution in [3.05, 3.63) is 102 Å². The van der Waals surface area contributed by atoms with Crippen LogP contribution >= 0.6 is 0 Å². The molecule has 0 saturated carbocycles. The number of fused-ring (bicyclic) bond motifs is 6. The minimum absolute atomic E-state index is 0.110. The molecule has 6 rings (SSSR count). The van der Waals surface area contributed by atoms with Gasteiger partial charge in [0, 0.05) is 24.7 Å². The predicted octanol–water partition coefficient (Wildman–Crippen LogP) is 3.39. The number of hydrogen-bond acceptors (Lipinski definition) is 6. The molecule has 2 bridgehead atoms. The van der Waals surface area contributed by atoms with Gasteiger partial charge in [-0.1, -0.05) is 72.8 Å². The maximum Gasteiger partial charge on any atom is 0.251 e. The van der Waals surface area contributed by atoms with Crippen LogP contribution in [0.5, 0.6) is 5.75 Å². The zero-order valence-electron chi connectivity index (χ0n) is 27.3. The summed E-state index contributed by atoms with van der Waals surface area (Å²) in [6.07, 6.45) is 0.906. The first kappa shape index (κ1) is 32.7. The molecule has 1 fully saturated rings. The summed E-state index contributed by atoms with van der Waals surface area (Å²) in [4.78, 5) is 57.1. The second-order valence-corrected chi connectivity index (χ2v) is 12.8. The molecule has 10 heteroatoms. The lowest BCUT2D eigenvalue weighted by Gasteiger charge is -2.29. The lowest BCUT2D eigenvalue weighted by molar-refractivity contribution is -0.138. The van der Waals surface area contributed by atoms with Gasteiger partial charge in [-0.15, -0.1) is 0 Å². The van der Waals surface area contributed by atoms with Crippen LogP contribution in [-0.2, 0) is 20.8 Å². The number of carbonyl (C=O) groups excluding carboxylic acids is 4. The smallest absolute Gasteiger partial charge is 0.251 e. The van der Waals surface area contributed by atoms with E-state index in [1.807, 2.05) is 84.9 Å². The molecule has 4 aromatic rings. The van der Waals surface area contributed by atoms with Crippen molar-refractivity contribution < 1.29 is 23.9 Å². The topological polar surface area (TPSA) is 120 Å². The molecule has 0 spiro atoms. The van der Waals surface area contributed by atoms with Crippen molar-refractivity contribution in [2.24, 2.45) is 0 Å². The van der Waals surface area contributed by atoms with Crippen molar-refractivity contribution >= 4 is 34.4 Å². The van der Waals surface area contributed by atoms with Gasteiger partial charge in [-0.3, -0.25) is 19.2 Å². The normalized spacial score (nSPS) is 19.7. The van der Waals surface area contributed by atoms with Gasteiger partial charge in [-0.2, -0.15) is 0 Å². The Hall–Kier alpha value is -5.22. The first-order valence-corrected chi connectivity index (χ1v) is 16.4. The highest BCUT2D eigenvalue weighted by molar-refractivity contribution is 6.01. The van der Waals surface area contributed by atoms with E-state index < -0.39 is 6.04 Å². The van der Waals surface area contributed by atoms with E-state index in [1.54, 1.807) is 30.0 Å². The molecule has 2 heterocycles. The van der Waals surface area contributed by atoms with E-state index in [-0.39, 0.29) is 74.8 Å². The highest BCUT2D eigenvalue weighted by Crippen LogP contribution is 2.29. The minimum Gasteiger partial charge on any atom is -0.491 e. The Morgan fingerprint density at radius 3 is 2.46 bits per heavy atom. The van der Waals surface area contributed by atoms with E-state index in [0.29, 0.717) is 17.7 Å². The van der Waals surface area contributed by atoms with Crippen molar-refractivity contribution in [1.82, 2.24) is 25.8 Å². The summed E-state index contributed by atoms with van der Waals surface area (Å²) in [6.45, 7) is 0.754. The van der Waals surface area contributed by atoms with Crippen LogP contribution in [0.3, 0.4) is 0 Å². The monoisotopic (exact) mass is 647 g/mol. The number of rotatable bonds is 6. The van der Waals surface area contributed by atoms with Gasteiger partial charge in [0.25, 0.3) is 5.91 Å². The molecule has 0 radical (unpaired) electrons. The summed E-state index contributed by atoms with van der Waals surface area (Å²) in [6, 6.07) is 27.4. The van der Waals surface area contributed by atoms with Crippen LogP contribution in [0.1, 0.15) is 28.8 Å². The Bertz CT molecular complexity index is 1820. The molecule has 0 unspecified atom stereocenters. The van der Waals surface area contributed by atoms with Gasteiger partial charge in [0.1, 0.15) is 18.4 Å². The molecule has 0 aromatic heterocycles. The van der Waals surface area contributed by atoms with Gasteiger partial charge in [-0.05, 0) is 72.6 Å². The van der Waals surface area contributed by atoms with Gasteiger partial charge >= 0.3 is 0 Å². The molecule has 48 heavy (non-hydrogen) atoms. The van der Waals surface area contributed by atoms with E-state index in [2.05, 4.69) is 16.0 Å². The Labute approximate surface area is 280 Å². The molecular formula is C38H41N5O5. The zero-order valence-corrected chi connectivity index (χ0v) is 27.3. The number of nitrogens with zero attached hydrogens (tertiary/aromatic N) is 2. The number of benzene rings is 4. The third-order valence-electron chi connectivity index (χ3n) is 8.81. The van der Waals surface area contributed by atoms with Gasteiger partial charge in [0.05, 0.1) is 19.0 Å². The van der Waals surface area contributed by atoms with Gasteiger partial charge in [-0.25, -0.2) is 0 Å². The summed E-state index contributed by atoms with van der Waals surface area (Å²) >= 11 is 0. The predicted molar refractivity (Wildman–Crippen MR) is 185 cm³/mol. The van der Waals surface area contributed by atoms with Gasteiger partial charge in [0.15, 0.2) is 0 Å². The third kappa shape index (κ3) is 7.83. The number of likely N-dealkylation sites (N-methyl/N-ethyl adjacent to an activating group) is 1. The fourth-order valence-corrected chi connectivity index (χ4v) is 6.55. The Kier molecular flexibility index (Phi) is 10.0. The fourth-order valence-electron chi connectivity index (χ4n) is 6.55. The number of amides is 4. The summed E-state index contributed by atoms with van der Waals surface area (Å²) in [5.74, 6) is -0.372. The van der Waals surface area contributed by atoms with E-state index in [4.69, 9.17) is 4.74 Å². The van der Waals surface area contributed by atoms with Crippen LogP contribution < -0.4 is 20.7 Å². The average Bonchev–Trinajstić information content (AvgIpc) is 3.47. The van der Waals surface area contributed by atoms with Crippen molar-refractivity contribution in [2.75, 3.05) is 40.3 Å². The zero-order chi connectivity index (χ0) is 33.6. The maximum absolute atomic E-state index is 14.2. The van der Waals surface area contributed by atoms with Crippen molar-refractivity contribution in [2.45, 2.75) is 37.4 Å². The maximum atomic E-state index is 14.2. The molecule has 2 aliphatic heterocycles. The standard InChI is InChI=1S/C38H41N5O5/c1-42(2)23-36(45)41-34-16-17-39-37(46)33-13-6-5-12-32(33)28-10-7-11-31(20-28)48-24-30-21-29(22-43(30)38(34)47)40-35(44)19-25-14-15-26-8-3-4-9-27(26)18-25/h3-15,18,20,29-30,34H,16-17,19,21-24H2,1-2H3,(H,39,46)(H,40,44)(H,41,45)/t29-,30-,34+/m0/s1. The van der Waals surface area contributed by atoms with Crippen LogP contribution in [-0.4, -0.2) is 91.9 Å². The number of nitrogens with one attached hydrogen (secondary N) is 3. The molecule has 3 atom stereocenters. The quantitative estimate of drug-likeness (QED) is 0.295. The highest BCUT2D eigenvalue weighted by Gasteiger charge is 2.39. The first-order valence-electron chi connectivity index (χ1n) is 16.4.